The lowest BCUT2D eigenvalue weighted by atomic mass is 10.1. The van der Waals surface area contributed by atoms with Crippen LogP contribution in [0.1, 0.15) is 12.5 Å². The van der Waals surface area contributed by atoms with E-state index in [4.69, 9.17) is 0 Å². The van der Waals surface area contributed by atoms with E-state index in [1.54, 1.807) is 12.1 Å². The summed E-state index contributed by atoms with van der Waals surface area (Å²) in [4.78, 5) is 2.12. The van der Waals surface area contributed by atoms with Crippen molar-refractivity contribution in [2.75, 3.05) is 24.5 Å². The van der Waals surface area contributed by atoms with Gasteiger partial charge in [0.2, 0.25) is 0 Å². The molecular weight excluding hydrogens is 265 g/mol. The minimum atomic E-state index is -4.26. The molecule has 0 saturated carbocycles. The van der Waals surface area contributed by atoms with Crippen molar-refractivity contribution in [2.24, 2.45) is 0 Å². The fraction of sp³-hybridized carbons (Fsp3) is 0.500. The molecule has 1 heterocycles. The molecule has 6 heteroatoms. The zero-order chi connectivity index (χ0) is 12.5. The van der Waals surface area contributed by atoms with Crippen LogP contribution in [0.25, 0.3) is 0 Å². The smallest absolute Gasteiger partial charge is 0.366 e. The maximum atomic E-state index is 12.4. The molecule has 1 fully saturated rings. The summed E-state index contributed by atoms with van der Waals surface area (Å²) >= 11 is 0. The summed E-state index contributed by atoms with van der Waals surface area (Å²) in [6, 6.07) is 5.68. The van der Waals surface area contributed by atoms with Gasteiger partial charge in [0.1, 0.15) is 0 Å². The second kappa shape index (κ2) is 5.80. The molecule has 0 bridgehead atoms. The average Bonchev–Trinajstić information content (AvgIpc) is 2.29. The summed E-state index contributed by atoms with van der Waals surface area (Å²) in [5.74, 6) is 0. The van der Waals surface area contributed by atoms with Crippen molar-refractivity contribution in [1.29, 1.82) is 0 Å². The number of nitrogens with one attached hydrogen (secondary N) is 1. The molecule has 1 aliphatic heterocycles. The molecule has 1 atom stereocenters. The summed E-state index contributed by atoms with van der Waals surface area (Å²) in [5.41, 5.74) is 0.260. The van der Waals surface area contributed by atoms with Gasteiger partial charge in [-0.2, -0.15) is 13.2 Å². The minimum absolute atomic E-state index is 0. The van der Waals surface area contributed by atoms with Gasteiger partial charge < -0.3 is 10.2 Å². The normalized spacial score (nSPS) is 20.4. The van der Waals surface area contributed by atoms with Gasteiger partial charge in [-0.1, -0.05) is 0 Å². The second-order valence-electron chi connectivity index (χ2n) is 4.29. The van der Waals surface area contributed by atoms with Crippen LogP contribution >= 0.6 is 12.4 Å². The minimum Gasteiger partial charge on any atom is -0.366 e. The molecule has 1 aliphatic rings. The number of piperazine rings is 1. The topological polar surface area (TPSA) is 15.3 Å². The highest BCUT2D eigenvalue weighted by Gasteiger charge is 2.30. The summed E-state index contributed by atoms with van der Waals surface area (Å²) in [7, 11) is 0. The first-order chi connectivity index (χ1) is 7.98. The Balaban J connectivity index is 0.00000162. The summed E-state index contributed by atoms with van der Waals surface area (Å²) in [5, 5.41) is 3.25. The quantitative estimate of drug-likeness (QED) is 0.851. The number of nitrogens with zero attached hydrogens (tertiary/aromatic N) is 1. The van der Waals surface area contributed by atoms with Gasteiger partial charge >= 0.3 is 6.18 Å². The summed E-state index contributed by atoms with van der Waals surface area (Å²) in [6.45, 7) is 4.61. The number of anilines is 1. The molecule has 0 aliphatic carbocycles. The van der Waals surface area contributed by atoms with Crippen molar-refractivity contribution >= 4 is 18.1 Å². The monoisotopic (exact) mass is 280 g/mol. The van der Waals surface area contributed by atoms with E-state index in [0.717, 1.165) is 37.5 Å². The summed E-state index contributed by atoms with van der Waals surface area (Å²) in [6.07, 6.45) is -4.26. The SMILES string of the molecule is C[C@H]1CNCCN1c1ccc(C(F)(F)F)cc1.Cl. The fourth-order valence-electron chi connectivity index (χ4n) is 2.07. The molecule has 18 heavy (non-hydrogen) atoms. The first-order valence-electron chi connectivity index (χ1n) is 5.63. The first-order valence-corrected chi connectivity index (χ1v) is 5.63. The van der Waals surface area contributed by atoms with Crippen LogP contribution in [0.3, 0.4) is 0 Å². The van der Waals surface area contributed by atoms with Gasteiger partial charge in [-0.25, -0.2) is 0 Å². The van der Waals surface area contributed by atoms with Gasteiger partial charge in [-0.05, 0) is 31.2 Å². The molecule has 1 aromatic rings. The van der Waals surface area contributed by atoms with Crippen LogP contribution in [0.15, 0.2) is 24.3 Å². The van der Waals surface area contributed by atoms with Crippen LogP contribution in [0.2, 0.25) is 0 Å². The van der Waals surface area contributed by atoms with Crippen LogP contribution in [0.4, 0.5) is 18.9 Å². The Bertz CT molecular complexity index is 378. The van der Waals surface area contributed by atoms with E-state index >= 15 is 0 Å². The number of hydrogen-bond donors (Lipinski definition) is 1. The molecule has 102 valence electrons. The predicted molar refractivity (Wildman–Crippen MR) is 68.4 cm³/mol. The Morgan fingerprint density at radius 3 is 2.33 bits per heavy atom. The third-order valence-corrected chi connectivity index (χ3v) is 3.03. The average molecular weight is 281 g/mol. The molecule has 0 unspecified atom stereocenters. The molecule has 1 saturated heterocycles. The maximum Gasteiger partial charge on any atom is 0.416 e. The second-order valence-corrected chi connectivity index (χ2v) is 4.29. The van der Waals surface area contributed by atoms with E-state index in [1.807, 2.05) is 0 Å². The van der Waals surface area contributed by atoms with Crippen molar-refractivity contribution < 1.29 is 13.2 Å². The van der Waals surface area contributed by atoms with E-state index < -0.39 is 11.7 Å². The van der Waals surface area contributed by atoms with Crippen LogP contribution < -0.4 is 10.2 Å². The van der Waals surface area contributed by atoms with Gasteiger partial charge in [0, 0.05) is 31.4 Å². The molecule has 2 nitrogen and oxygen atoms in total. The molecule has 2 rings (SSSR count). The van der Waals surface area contributed by atoms with Crippen molar-refractivity contribution in [3.63, 3.8) is 0 Å². The number of rotatable bonds is 1. The van der Waals surface area contributed by atoms with Crippen LogP contribution in [-0.4, -0.2) is 25.7 Å². The van der Waals surface area contributed by atoms with Crippen molar-refractivity contribution in [3.05, 3.63) is 29.8 Å². The van der Waals surface area contributed by atoms with E-state index in [1.165, 1.54) is 0 Å². The largest absolute Gasteiger partial charge is 0.416 e. The van der Waals surface area contributed by atoms with Crippen molar-refractivity contribution in [2.45, 2.75) is 19.1 Å². The Kier molecular flexibility index (Phi) is 4.87. The number of alkyl halides is 3. The third-order valence-electron chi connectivity index (χ3n) is 3.03. The van der Waals surface area contributed by atoms with Gasteiger partial charge in [-0.15, -0.1) is 12.4 Å². The van der Waals surface area contributed by atoms with E-state index in [0.29, 0.717) is 6.04 Å². The first kappa shape index (κ1) is 15.1. The summed E-state index contributed by atoms with van der Waals surface area (Å²) < 4.78 is 37.2. The van der Waals surface area contributed by atoms with Gasteiger partial charge in [-0.3, -0.25) is 0 Å². The lowest BCUT2D eigenvalue weighted by molar-refractivity contribution is -0.137. The highest BCUT2D eigenvalue weighted by atomic mass is 35.5. The lowest BCUT2D eigenvalue weighted by Crippen LogP contribution is -2.49. The van der Waals surface area contributed by atoms with Gasteiger partial charge in [0.05, 0.1) is 5.56 Å². The molecule has 0 amide bonds. The molecule has 1 aromatic carbocycles. The van der Waals surface area contributed by atoms with Crippen LogP contribution in [0.5, 0.6) is 0 Å². The highest BCUT2D eigenvalue weighted by molar-refractivity contribution is 5.85. The zero-order valence-corrected chi connectivity index (χ0v) is 10.8. The van der Waals surface area contributed by atoms with Crippen molar-refractivity contribution in [1.82, 2.24) is 5.32 Å². The van der Waals surface area contributed by atoms with Crippen LogP contribution in [0, 0.1) is 0 Å². The Morgan fingerprint density at radius 1 is 1.22 bits per heavy atom. The lowest BCUT2D eigenvalue weighted by Gasteiger charge is -2.36. The number of hydrogen-bond acceptors (Lipinski definition) is 2. The molecule has 0 aromatic heterocycles. The van der Waals surface area contributed by atoms with Crippen molar-refractivity contribution in [3.8, 4) is 0 Å². The van der Waals surface area contributed by atoms with E-state index in [9.17, 15) is 13.2 Å². The van der Waals surface area contributed by atoms with E-state index in [-0.39, 0.29) is 12.4 Å². The molecular formula is C12H16ClF3N2. The molecule has 1 N–H and O–H groups in total. The number of benzene rings is 1. The molecule has 0 spiro atoms. The Labute approximate surface area is 111 Å². The fourth-order valence-corrected chi connectivity index (χ4v) is 2.07. The zero-order valence-electron chi connectivity index (χ0n) is 10.00. The molecule has 0 radical (unpaired) electrons. The van der Waals surface area contributed by atoms with Crippen LogP contribution in [-0.2, 0) is 6.18 Å². The Morgan fingerprint density at radius 2 is 1.83 bits per heavy atom. The predicted octanol–water partition coefficient (Wildman–Crippen LogP) is 2.93. The maximum absolute atomic E-state index is 12.4. The van der Waals surface area contributed by atoms with Gasteiger partial charge in [0.25, 0.3) is 0 Å². The number of halogens is 4. The Hall–Kier alpha value is -0.940. The third kappa shape index (κ3) is 3.29. The highest BCUT2D eigenvalue weighted by Crippen LogP contribution is 2.30. The van der Waals surface area contributed by atoms with E-state index in [2.05, 4.69) is 17.1 Å². The van der Waals surface area contributed by atoms with Gasteiger partial charge in [0.15, 0.2) is 0 Å². The standard InChI is InChI=1S/C12H15F3N2.ClH/c1-9-8-16-6-7-17(9)11-4-2-10(3-5-11)12(13,14)15;/h2-5,9,16H,6-8H2,1H3;1H/t9-;/m0./s1.